The van der Waals surface area contributed by atoms with Crippen LogP contribution in [0.3, 0.4) is 0 Å². The van der Waals surface area contributed by atoms with Crippen molar-refractivity contribution in [2.45, 2.75) is 0 Å². The van der Waals surface area contributed by atoms with E-state index in [9.17, 15) is 0 Å². The van der Waals surface area contributed by atoms with E-state index in [1.807, 2.05) is 0 Å². The van der Waals surface area contributed by atoms with Gasteiger partial charge in [-0.25, -0.2) is 0 Å². The molecule has 0 saturated carbocycles. The maximum absolute atomic E-state index is 5.03. The van der Waals surface area contributed by atoms with E-state index in [0.717, 1.165) is 0 Å². The molecule has 2 N–H and O–H groups in total. The maximum atomic E-state index is 5.03. The quantitative estimate of drug-likeness (QED) is 0.422. The number of rotatable bonds is 2. The first-order chi connectivity index (χ1) is 2.41. The van der Waals surface area contributed by atoms with Crippen molar-refractivity contribution in [2.75, 3.05) is 6.73 Å². The summed E-state index contributed by atoms with van der Waals surface area (Å²) >= 11 is 5.03. The van der Waals surface area contributed by atoms with Crippen molar-refractivity contribution in [3.8, 4) is 0 Å². The van der Waals surface area contributed by atoms with Crippen LogP contribution in [0.15, 0.2) is 0 Å². The zero-order valence-corrected chi connectivity index (χ0v) is 4.33. The van der Waals surface area contributed by atoms with Crippen LogP contribution in [0.25, 0.3) is 0 Å². The summed E-state index contributed by atoms with van der Waals surface area (Å²) in [5, 5.41) is 0. The van der Waals surface area contributed by atoms with Crippen molar-refractivity contribution >= 4 is 19.4 Å². The summed E-state index contributed by atoms with van der Waals surface area (Å²) in [6, 6.07) is 0. The van der Waals surface area contributed by atoms with Gasteiger partial charge in [-0.15, -0.1) is 0 Å². The van der Waals surface area contributed by atoms with Crippen LogP contribution in [0.1, 0.15) is 0 Å². The van der Waals surface area contributed by atoms with Crippen LogP contribution < -0.4 is 5.73 Å². The topological polar surface area (TPSA) is 35.2 Å². The van der Waals surface area contributed by atoms with Gasteiger partial charge in [0.2, 0.25) is 0 Å². The van der Waals surface area contributed by atoms with E-state index in [2.05, 4.69) is 4.52 Å². The molecule has 0 bridgehead atoms. The van der Waals surface area contributed by atoms with Crippen LogP contribution in [0.5, 0.6) is 0 Å². The zero-order valence-electron chi connectivity index (χ0n) is 2.57. The molecule has 0 radical (unpaired) electrons. The minimum Gasteiger partial charge on any atom is -0.331 e. The Labute approximate surface area is 37.3 Å². The van der Waals surface area contributed by atoms with Gasteiger partial charge in [0, 0.05) is 0 Å². The van der Waals surface area contributed by atoms with Gasteiger partial charge in [0.1, 0.15) is 8.16 Å². The molecule has 0 aromatic rings. The van der Waals surface area contributed by atoms with E-state index < -0.39 is 0 Å². The highest BCUT2D eigenvalue weighted by Gasteiger charge is 1.66. The largest absolute Gasteiger partial charge is 0.331 e. The Hall–Kier alpha value is 0.640. The standard InChI is InChI=1S/CH5ClNOP/c2-5-4-1-3/h5H,1,3H2. The van der Waals surface area contributed by atoms with Crippen molar-refractivity contribution in [2.24, 2.45) is 5.73 Å². The number of nitrogens with two attached hydrogens (primary N) is 1. The molecule has 0 aromatic heterocycles. The Morgan fingerprint density at radius 1 is 2.00 bits per heavy atom. The molecule has 0 rings (SSSR count). The Kier molecular flexibility index (Phi) is 5.23. The third-order valence-electron chi connectivity index (χ3n) is 0.138. The van der Waals surface area contributed by atoms with E-state index in [1.54, 1.807) is 0 Å². The molecule has 0 amide bonds. The van der Waals surface area contributed by atoms with E-state index in [1.165, 1.54) is 0 Å². The first-order valence-corrected chi connectivity index (χ1v) is 3.01. The van der Waals surface area contributed by atoms with Crippen molar-refractivity contribution in [3.63, 3.8) is 0 Å². The molecule has 4 heteroatoms. The fraction of sp³-hybridized carbons (Fsp3) is 1.00. The Balaban J connectivity index is 2.19. The fourth-order valence-electron chi connectivity index (χ4n) is 0.0315. The van der Waals surface area contributed by atoms with Crippen molar-refractivity contribution in [3.05, 3.63) is 0 Å². The van der Waals surface area contributed by atoms with Gasteiger partial charge in [0.25, 0.3) is 0 Å². The number of halogens is 1. The lowest BCUT2D eigenvalue weighted by Crippen LogP contribution is -1.95. The minimum absolute atomic E-state index is 0.00502. The molecule has 0 aliphatic rings. The molecule has 0 spiro atoms. The maximum Gasteiger partial charge on any atom is 0.112 e. The first-order valence-electron chi connectivity index (χ1n) is 1.09. The van der Waals surface area contributed by atoms with E-state index in [0.29, 0.717) is 0 Å². The van der Waals surface area contributed by atoms with E-state index in [4.69, 9.17) is 17.0 Å². The number of hydrogen-bond acceptors (Lipinski definition) is 2. The predicted molar refractivity (Wildman–Crippen MR) is 24.3 cm³/mol. The van der Waals surface area contributed by atoms with Crippen LogP contribution in [-0.2, 0) is 4.52 Å². The molecule has 1 unspecified atom stereocenters. The minimum atomic E-state index is 0.00502. The predicted octanol–water partition coefficient (Wildman–Crippen LogP) is 0.667. The Morgan fingerprint density at radius 3 is 2.60 bits per heavy atom. The second-order valence-corrected chi connectivity index (χ2v) is 1.29. The summed E-state index contributed by atoms with van der Waals surface area (Å²) in [5.41, 5.74) is 4.84. The molecule has 0 aliphatic heterocycles. The third-order valence-corrected chi connectivity index (χ3v) is 0.741. The van der Waals surface area contributed by atoms with Crippen LogP contribution >= 0.6 is 19.4 Å². The van der Waals surface area contributed by atoms with Crippen molar-refractivity contribution in [1.82, 2.24) is 0 Å². The number of hydrogen-bond donors (Lipinski definition) is 1. The summed E-state index contributed by atoms with van der Waals surface area (Å²) in [7, 11) is 0.00502. The van der Waals surface area contributed by atoms with Crippen LogP contribution in [0.2, 0.25) is 0 Å². The summed E-state index contributed by atoms with van der Waals surface area (Å²) in [6.45, 7) is 0.224. The molecular formula is CH5ClNOP. The van der Waals surface area contributed by atoms with Gasteiger partial charge >= 0.3 is 0 Å². The highest BCUT2D eigenvalue weighted by atomic mass is 35.7. The highest BCUT2D eigenvalue weighted by molar-refractivity contribution is 7.64. The molecule has 0 heterocycles. The van der Waals surface area contributed by atoms with Gasteiger partial charge in [-0.3, -0.25) is 0 Å². The van der Waals surface area contributed by atoms with Gasteiger partial charge in [-0.2, -0.15) is 0 Å². The summed E-state index contributed by atoms with van der Waals surface area (Å²) < 4.78 is 4.40. The van der Waals surface area contributed by atoms with Gasteiger partial charge in [-0.05, 0) is 0 Å². The van der Waals surface area contributed by atoms with E-state index in [-0.39, 0.29) is 14.9 Å². The molecule has 2 nitrogen and oxygen atoms in total. The third kappa shape index (κ3) is 4.64. The smallest absolute Gasteiger partial charge is 0.112 e. The molecule has 0 saturated heterocycles. The monoisotopic (exact) mass is 113 g/mol. The SMILES string of the molecule is NCOPCl. The van der Waals surface area contributed by atoms with E-state index >= 15 is 0 Å². The van der Waals surface area contributed by atoms with Gasteiger partial charge in [0.05, 0.1) is 6.73 Å². The van der Waals surface area contributed by atoms with Crippen LogP contribution in [0.4, 0.5) is 0 Å². The molecule has 0 aromatic carbocycles. The molecular weight excluding hydrogens is 108 g/mol. The Morgan fingerprint density at radius 2 is 2.60 bits per heavy atom. The molecule has 5 heavy (non-hydrogen) atoms. The highest BCUT2D eigenvalue weighted by Crippen LogP contribution is 2.14. The molecule has 32 valence electrons. The summed E-state index contributed by atoms with van der Waals surface area (Å²) in [6.07, 6.45) is 0. The normalized spacial score (nSPS) is 10.8. The average Bonchev–Trinajstić information content (AvgIpc) is 1.41. The lowest BCUT2D eigenvalue weighted by Gasteiger charge is -1.83. The lowest BCUT2D eigenvalue weighted by molar-refractivity contribution is 0.384. The Bertz CT molecular complexity index is 19.1. The van der Waals surface area contributed by atoms with Crippen LogP contribution in [-0.4, -0.2) is 6.73 Å². The van der Waals surface area contributed by atoms with Gasteiger partial charge in [-0.1, -0.05) is 11.2 Å². The average molecular weight is 113 g/mol. The first kappa shape index (κ1) is 5.64. The second kappa shape index (κ2) is 4.64. The molecule has 0 aliphatic carbocycles. The van der Waals surface area contributed by atoms with Gasteiger partial charge < -0.3 is 10.3 Å². The zero-order chi connectivity index (χ0) is 4.12. The summed E-state index contributed by atoms with van der Waals surface area (Å²) in [4.78, 5) is 0. The summed E-state index contributed by atoms with van der Waals surface area (Å²) in [5.74, 6) is 0. The molecule has 1 atom stereocenters. The van der Waals surface area contributed by atoms with Crippen molar-refractivity contribution in [1.29, 1.82) is 0 Å². The van der Waals surface area contributed by atoms with Gasteiger partial charge in [0.15, 0.2) is 0 Å². The second-order valence-electron chi connectivity index (χ2n) is 0.388. The van der Waals surface area contributed by atoms with Crippen molar-refractivity contribution < 1.29 is 4.52 Å². The lowest BCUT2D eigenvalue weighted by atomic mass is 11.4. The van der Waals surface area contributed by atoms with Crippen LogP contribution in [0, 0.1) is 0 Å². The molecule has 0 fully saturated rings. The fourth-order valence-corrected chi connectivity index (χ4v) is 0.283.